The van der Waals surface area contributed by atoms with Gasteiger partial charge in [0.05, 0.1) is 18.7 Å². The Morgan fingerprint density at radius 3 is 2.83 bits per heavy atom. The average Bonchev–Trinajstić information content (AvgIpc) is 2.55. The van der Waals surface area contributed by atoms with Gasteiger partial charge in [-0.2, -0.15) is 0 Å². The Hall–Kier alpha value is -1.43. The number of methoxy groups -OCH3 is 1. The van der Waals surface area contributed by atoms with Gasteiger partial charge < -0.3 is 20.1 Å². The Labute approximate surface area is 147 Å². The molecule has 2 rings (SSSR count). The van der Waals surface area contributed by atoms with Crippen LogP contribution in [0.1, 0.15) is 23.7 Å². The fraction of sp³-hybridized carbons (Fsp3) is 0.438. The highest BCUT2D eigenvalue weighted by atomic mass is 35.5. The van der Waals surface area contributed by atoms with Crippen LogP contribution in [0.3, 0.4) is 0 Å². The molecule has 0 spiro atoms. The highest BCUT2D eigenvalue weighted by Gasteiger charge is 2.16. The van der Waals surface area contributed by atoms with Gasteiger partial charge in [0.1, 0.15) is 0 Å². The molecular formula is C16H22Cl2N2O3. The van der Waals surface area contributed by atoms with E-state index in [0.717, 1.165) is 19.5 Å². The molecule has 0 atom stereocenters. The van der Waals surface area contributed by atoms with Crippen molar-refractivity contribution in [1.82, 2.24) is 10.6 Å². The Morgan fingerprint density at radius 2 is 2.22 bits per heavy atom. The predicted molar refractivity (Wildman–Crippen MR) is 94.3 cm³/mol. The van der Waals surface area contributed by atoms with E-state index in [1.807, 2.05) is 6.92 Å². The number of nitrogens with one attached hydrogen (secondary N) is 2. The highest BCUT2D eigenvalue weighted by Crippen LogP contribution is 2.36. The van der Waals surface area contributed by atoms with Crippen molar-refractivity contribution in [3.63, 3.8) is 0 Å². The lowest BCUT2D eigenvalue weighted by molar-refractivity contribution is 0.0956. The topological polar surface area (TPSA) is 59.6 Å². The molecule has 2 N–H and O–H groups in total. The molecule has 0 radical (unpaired) electrons. The smallest absolute Gasteiger partial charge is 0.251 e. The monoisotopic (exact) mass is 360 g/mol. The Balaban J connectivity index is 0.00000264. The van der Waals surface area contributed by atoms with Gasteiger partial charge in [-0.25, -0.2) is 0 Å². The molecule has 1 amide bonds. The first-order valence-corrected chi connectivity index (χ1v) is 7.70. The molecule has 0 saturated heterocycles. The number of carbonyl (C=O) groups is 1. The van der Waals surface area contributed by atoms with Crippen molar-refractivity contribution in [2.45, 2.75) is 13.3 Å². The third-order valence-electron chi connectivity index (χ3n) is 3.41. The highest BCUT2D eigenvalue weighted by molar-refractivity contribution is 6.32. The van der Waals surface area contributed by atoms with E-state index < -0.39 is 0 Å². The van der Waals surface area contributed by atoms with Gasteiger partial charge in [0.15, 0.2) is 11.5 Å². The first-order chi connectivity index (χ1) is 10.7. The van der Waals surface area contributed by atoms with Gasteiger partial charge in [-0.1, -0.05) is 23.3 Å². The van der Waals surface area contributed by atoms with Gasteiger partial charge in [0, 0.05) is 18.7 Å². The number of amides is 1. The van der Waals surface area contributed by atoms with Gasteiger partial charge in [-0.05, 0) is 32.0 Å². The summed E-state index contributed by atoms with van der Waals surface area (Å²) in [6.45, 7) is 4.69. The first kappa shape index (κ1) is 19.6. The van der Waals surface area contributed by atoms with Crippen molar-refractivity contribution in [3.8, 4) is 11.5 Å². The number of hydrogen-bond acceptors (Lipinski definition) is 4. The largest absolute Gasteiger partial charge is 0.493 e. The molecule has 0 aliphatic carbocycles. The normalized spacial score (nSPS) is 13.6. The third-order valence-corrected chi connectivity index (χ3v) is 3.70. The molecule has 1 heterocycles. The summed E-state index contributed by atoms with van der Waals surface area (Å²) >= 11 is 6.18. The van der Waals surface area contributed by atoms with E-state index in [-0.39, 0.29) is 18.3 Å². The molecule has 0 aromatic heterocycles. The van der Waals surface area contributed by atoms with Crippen LogP contribution in [-0.4, -0.2) is 39.3 Å². The van der Waals surface area contributed by atoms with E-state index in [2.05, 4.69) is 16.7 Å². The van der Waals surface area contributed by atoms with E-state index in [1.165, 1.54) is 12.7 Å². The summed E-state index contributed by atoms with van der Waals surface area (Å²) in [5.41, 5.74) is 1.69. The second-order valence-electron chi connectivity index (χ2n) is 4.92. The zero-order valence-electron chi connectivity index (χ0n) is 13.3. The van der Waals surface area contributed by atoms with Crippen LogP contribution >= 0.6 is 24.0 Å². The summed E-state index contributed by atoms with van der Waals surface area (Å²) in [7, 11) is 1.52. The number of ether oxygens (including phenoxy) is 2. The summed E-state index contributed by atoms with van der Waals surface area (Å²) in [5.74, 6) is 0.743. The van der Waals surface area contributed by atoms with Crippen molar-refractivity contribution >= 4 is 29.9 Å². The van der Waals surface area contributed by atoms with Crippen molar-refractivity contribution in [2.24, 2.45) is 0 Å². The van der Waals surface area contributed by atoms with Gasteiger partial charge in [-0.15, -0.1) is 12.4 Å². The molecule has 0 bridgehead atoms. The molecule has 7 heteroatoms. The Bertz CT molecular complexity index is 577. The van der Waals surface area contributed by atoms with Gasteiger partial charge in [0.25, 0.3) is 5.91 Å². The molecule has 1 aromatic carbocycles. The second-order valence-corrected chi connectivity index (χ2v) is 5.33. The molecular weight excluding hydrogens is 339 g/mol. The van der Waals surface area contributed by atoms with Crippen LogP contribution in [0.4, 0.5) is 0 Å². The van der Waals surface area contributed by atoms with Crippen LogP contribution in [0.25, 0.3) is 0 Å². The Kier molecular flexibility index (Phi) is 8.23. The standard InChI is InChI=1S/C16H21ClN2O3.ClH/c1-3-22-15-13(17)8-12(9-14(15)21-2)16(20)19-10-11-4-6-18-7-5-11;/h4,8-9,18H,3,5-7,10H2,1-2H3,(H,19,20);1H. The van der Waals surface area contributed by atoms with Crippen LogP contribution < -0.4 is 20.1 Å². The maximum atomic E-state index is 12.3. The van der Waals surface area contributed by atoms with Crippen LogP contribution in [0.15, 0.2) is 23.8 Å². The van der Waals surface area contributed by atoms with Crippen molar-refractivity contribution in [1.29, 1.82) is 0 Å². The zero-order chi connectivity index (χ0) is 15.9. The molecule has 128 valence electrons. The molecule has 0 fully saturated rings. The lowest BCUT2D eigenvalue weighted by Crippen LogP contribution is -2.29. The van der Waals surface area contributed by atoms with E-state index in [0.29, 0.717) is 35.2 Å². The number of hydrogen-bond donors (Lipinski definition) is 2. The summed E-state index contributed by atoms with van der Waals surface area (Å²) in [6, 6.07) is 3.24. The molecule has 1 aliphatic rings. The van der Waals surface area contributed by atoms with E-state index >= 15 is 0 Å². The van der Waals surface area contributed by atoms with E-state index in [1.54, 1.807) is 12.1 Å². The van der Waals surface area contributed by atoms with Gasteiger partial charge in [-0.3, -0.25) is 4.79 Å². The first-order valence-electron chi connectivity index (χ1n) is 7.32. The molecule has 1 aliphatic heterocycles. The number of benzene rings is 1. The summed E-state index contributed by atoms with van der Waals surface area (Å²) in [4.78, 5) is 12.3. The van der Waals surface area contributed by atoms with E-state index in [9.17, 15) is 4.79 Å². The van der Waals surface area contributed by atoms with E-state index in [4.69, 9.17) is 21.1 Å². The van der Waals surface area contributed by atoms with Crippen LogP contribution in [0, 0.1) is 0 Å². The molecule has 1 aromatic rings. The Morgan fingerprint density at radius 1 is 1.43 bits per heavy atom. The van der Waals surface area contributed by atoms with Crippen LogP contribution in [0.2, 0.25) is 5.02 Å². The molecule has 23 heavy (non-hydrogen) atoms. The quantitative estimate of drug-likeness (QED) is 0.765. The zero-order valence-corrected chi connectivity index (χ0v) is 14.9. The summed E-state index contributed by atoms with van der Waals surface area (Å²) in [5, 5.41) is 6.51. The lowest BCUT2D eigenvalue weighted by Gasteiger charge is -2.16. The maximum absolute atomic E-state index is 12.3. The van der Waals surface area contributed by atoms with Crippen molar-refractivity contribution < 1.29 is 14.3 Å². The van der Waals surface area contributed by atoms with Crippen LogP contribution in [-0.2, 0) is 0 Å². The van der Waals surface area contributed by atoms with Crippen LogP contribution in [0.5, 0.6) is 11.5 Å². The lowest BCUT2D eigenvalue weighted by atomic mass is 10.1. The fourth-order valence-electron chi connectivity index (χ4n) is 2.26. The van der Waals surface area contributed by atoms with Gasteiger partial charge in [0.2, 0.25) is 0 Å². The molecule has 0 saturated carbocycles. The number of rotatable bonds is 6. The van der Waals surface area contributed by atoms with Crippen molar-refractivity contribution in [2.75, 3.05) is 33.4 Å². The summed E-state index contributed by atoms with van der Waals surface area (Å²) in [6.07, 6.45) is 3.06. The third kappa shape index (κ3) is 5.30. The second kappa shape index (κ2) is 9.65. The minimum atomic E-state index is -0.178. The van der Waals surface area contributed by atoms with Crippen molar-refractivity contribution in [3.05, 3.63) is 34.4 Å². The summed E-state index contributed by atoms with van der Waals surface area (Å²) < 4.78 is 10.7. The fourth-order valence-corrected chi connectivity index (χ4v) is 2.53. The maximum Gasteiger partial charge on any atom is 0.251 e. The molecule has 5 nitrogen and oxygen atoms in total. The number of carbonyl (C=O) groups excluding carboxylic acids is 1. The minimum Gasteiger partial charge on any atom is -0.493 e. The SMILES string of the molecule is CCOc1c(Cl)cc(C(=O)NCC2=CCNCC2)cc1OC.Cl. The predicted octanol–water partition coefficient (Wildman–Crippen LogP) is 2.82. The van der Waals surface area contributed by atoms with Gasteiger partial charge >= 0.3 is 0 Å². The average molecular weight is 361 g/mol. The number of halogens is 2. The minimum absolute atomic E-state index is 0. The molecule has 0 unspecified atom stereocenters.